The summed E-state index contributed by atoms with van der Waals surface area (Å²) in [6.07, 6.45) is 0. The zero-order chi connectivity index (χ0) is 16.7. The lowest BCUT2D eigenvalue weighted by Gasteiger charge is -1.97. The van der Waals surface area contributed by atoms with Crippen LogP contribution in [-0.4, -0.2) is 0 Å². The third kappa shape index (κ3) is 4.45. The fourth-order valence-electron chi connectivity index (χ4n) is 1.46. The largest absolute Gasteiger partial charge is 0.294 e. The fraction of sp³-hybridized carbons (Fsp3) is 0.133. The Hall–Kier alpha value is -2.62. The van der Waals surface area contributed by atoms with Crippen LogP contribution in [0.5, 0.6) is 5.75 Å². The van der Waals surface area contributed by atoms with Gasteiger partial charge in [0, 0.05) is 22.2 Å². The molecule has 2 aromatic carbocycles. The molecule has 0 aliphatic heterocycles. The number of alkyl halides is 1. The highest BCUT2D eigenvalue weighted by Crippen LogP contribution is 2.19. The molecule has 0 spiro atoms. The van der Waals surface area contributed by atoms with E-state index in [1.165, 1.54) is 18.2 Å². The SMILES string of the molecule is Cc1ccc(CF)c(F)c1.N#Cc1c(F)cc(OF)cc1F. The molecule has 0 saturated heterocycles. The van der Waals surface area contributed by atoms with E-state index in [-0.39, 0.29) is 5.56 Å². The smallest absolute Gasteiger partial charge is 0.177 e. The highest BCUT2D eigenvalue weighted by atomic mass is 19.3. The van der Waals surface area contributed by atoms with Gasteiger partial charge in [-0.2, -0.15) is 5.26 Å². The molecule has 0 aromatic heterocycles. The first-order valence-corrected chi connectivity index (χ1v) is 5.91. The third-order valence-corrected chi connectivity index (χ3v) is 2.57. The van der Waals surface area contributed by atoms with Crippen LogP contribution in [0, 0.1) is 35.7 Å². The first-order valence-electron chi connectivity index (χ1n) is 5.91. The zero-order valence-corrected chi connectivity index (χ0v) is 11.3. The summed E-state index contributed by atoms with van der Waals surface area (Å²) in [6, 6.07) is 6.94. The third-order valence-electron chi connectivity index (χ3n) is 2.57. The van der Waals surface area contributed by atoms with E-state index in [1.54, 1.807) is 13.0 Å². The summed E-state index contributed by atoms with van der Waals surface area (Å²) < 4.78 is 61.1. The zero-order valence-electron chi connectivity index (χ0n) is 11.3. The van der Waals surface area contributed by atoms with Crippen molar-refractivity contribution in [3.63, 3.8) is 0 Å². The molecule has 0 saturated carbocycles. The molecule has 0 bridgehead atoms. The van der Waals surface area contributed by atoms with Crippen LogP contribution in [0.4, 0.5) is 22.1 Å². The van der Waals surface area contributed by atoms with Crippen molar-refractivity contribution < 1.29 is 27.0 Å². The number of hydrogen-bond donors (Lipinski definition) is 0. The van der Waals surface area contributed by atoms with Gasteiger partial charge in [0.15, 0.2) is 5.75 Å². The van der Waals surface area contributed by atoms with Gasteiger partial charge in [0.1, 0.15) is 35.8 Å². The van der Waals surface area contributed by atoms with E-state index in [0.29, 0.717) is 12.1 Å². The van der Waals surface area contributed by atoms with Crippen LogP contribution >= 0.6 is 0 Å². The Morgan fingerprint density at radius 3 is 2.05 bits per heavy atom. The number of rotatable bonds is 2. The normalized spacial score (nSPS) is 9.50. The summed E-state index contributed by atoms with van der Waals surface area (Å²) in [7, 11) is 0. The molecule has 0 amide bonds. The summed E-state index contributed by atoms with van der Waals surface area (Å²) >= 11 is 0. The van der Waals surface area contributed by atoms with Gasteiger partial charge < -0.3 is 0 Å². The van der Waals surface area contributed by atoms with E-state index >= 15 is 0 Å². The first-order chi connectivity index (χ1) is 10.4. The monoisotopic (exact) mass is 315 g/mol. The quantitative estimate of drug-likeness (QED) is 0.752. The number of nitriles is 1. The standard InChI is InChI=1S/C8H8F2.C7H2F3NO/c1-6-2-3-7(5-9)8(10)4-6;8-6-1-4(12-10)2-7(9)5(6)3-11/h2-4H,5H2,1H3;1-2H. The molecule has 0 aliphatic carbocycles. The van der Waals surface area contributed by atoms with E-state index < -0.39 is 35.4 Å². The Bertz CT molecular complexity index is 674. The van der Waals surface area contributed by atoms with Crippen LogP contribution in [-0.2, 0) is 6.67 Å². The summed E-state index contributed by atoms with van der Waals surface area (Å²) in [5.41, 5.74) is 0.191. The van der Waals surface area contributed by atoms with Gasteiger partial charge in [-0.05, 0) is 18.6 Å². The lowest BCUT2D eigenvalue weighted by Crippen LogP contribution is -1.90. The van der Waals surface area contributed by atoms with Gasteiger partial charge in [0.2, 0.25) is 0 Å². The van der Waals surface area contributed by atoms with Crippen molar-refractivity contribution in [1.82, 2.24) is 0 Å². The average molecular weight is 315 g/mol. The average Bonchev–Trinajstić information content (AvgIpc) is 2.47. The van der Waals surface area contributed by atoms with Gasteiger partial charge in [-0.1, -0.05) is 12.1 Å². The second kappa shape index (κ2) is 7.98. The molecule has 2 nitrogen and oxygen atoms in total. The van der Waals surface area contributed by atoms with Crippen LogP contribution in [0.1, 0.15) is 16.7 Å². The number of hydrogen-bond acceptors (Lipinski definition) is 2. The molecule has 0 aliphatic rings. The minimum Gasteiger partial charge on any atom is -0.294 e. The Kier molecular flexibility index (Phi) is 6.32. The summed E-state index contributed by atoms with van der Waals surface area (Å²) in [5.74, 6) is -3.36. The maximum atomic E-state index is 12.6. The molecular weight excluding hydrogens is 305 g/mol. The molecule has 0 unspecified atom stereocenters. The molecular formula is C15H10F5NO. The number of aryl methyl sites for hydroxylation is 1. The summed E-state index contributed by atoms with van der Waals surface area (Å²) in [6.45, 7) is 1.04. The first kappa shape index (κ1) is 17.4. The Morgan fingerprint density at radius 1 is 1.05 bits per heavy atom. The van der Waals surface area contributed by atoms with Gasteiger partial charge in [0.05, 0.1) is 0 Å². The molecule has 0 fully saturated rings. The van der Waals surface area contributed by atoms with Crippen LogP contribution in [0.25, 0.3) is 0 Å². The van der Waals surface area contributed by atoms with Crippen molar-refractivity contribution in [1.29, 1.82) is 5.26 Å². The number of nitrogens with zero attached hydrogens (tertiary/aromatic N) is 1. The molecule has 116 valence electrons. The number of halogens is 5. The van der Waals surface area contributed by atoms with Crippen molar-refractivity contribution >= 4 is 0 Å². The second-order valence-electron chi connectivity index (χ2n) is 4.18. The van der Waals surface area contributed by atoms with E-state index in [0.717, 1.165) is 5.56 Å². The Labute approximate surface area is 123 Å². The molecule has 2 aromatic rings. The summed E-state index contributed by atoms with van der Waals surface area (Å²) in [4.78, 5) is 3.09. The predicted octanol–water partition coefficient (Wildman–Crippen LogP) is 4.70. The molecule has 0 radical (unpaired) electrons. The lowest BCUT2D eigenvalue weighted by molar-refractivity contribution is -0.00692. The van der Waals surface area contributed by atoms with E-state index in [1.807, 2.05) is 0 Å². The van der Waals surface area contributed by atoms with Crippen molar-refractivity contribution in [2.24, 2.45) is 0 Å². The topological polar surface area (TPSA) is 33.0 Å². The Morgan fingerprint density at radius 2 is 1.64 bits per heavy atom. The second-order valence-corrected chi connectivity index (χ2v) is 4.18. The summed E-state index contributed by atoms with van der Waals surface area (Å²) in [5, 5.41) is 8.20. The van der Waals surface area contributed by atoms with Crippen molar-refractivity contribution in [3.05, 3.63) is 64.5 Å². The molecule has 0 N–H and O–H groups in total. The van der Waals surface area contributed by atoms with Gasteiger partial charge in [-0.15, -0.1) is 0 Å². The van der Waals surface area contributed by atoms with Crippen molar-refractivity contribution in [3.8, 4) is 11.8 Å². The van der Waals surface area contributed by atoms with Crippen LogP contribution < -0.4 is 4.94 Å². The Balaban J connectivity index is 0.000000224. The number of benzene rings is 2. The van der Waals surface area contributed by atoms with Crippen LogP contribution in [0.15, 0.2) is 30.3 Å². The lowest BCUT2D eigenvalue weighted by atomic mass is 10.1. The van der Waals surface area contributed by atoms with Crippen molar-refractivity contribution in [2.45, 2.75) is 13.6 Å². The highest BCUT2D eigenvalue weighted by molar-refractivity contribution is 5.37. The van der Waals surface area contributed by atoms with Crippen LogP contribution in [0.3, 0.4) is 0 Å². The minimum absolute atomic E-state index is 0.130. The fourth-order valence-corrected chi connectivity index (χ4v) is 1.46. The van der Waals surface area contributed by atoms with Gasteiger partial charge in [-0.25, -0.2) is 17.6 Å². The maximum absolute atomic E-state index is 12.6. The molecule has 0 heterocycles. The maximum Gasteiger partial charge on any atom is 0.177 e. The molecule has 22 heavy (non-hydrogen) atoms. The van der Waals surface area contributed by atoms with Crippen molar-refractivity contribution in [2.75, 3.05) is 0 Å². The van der Waals surface area contributed by atoms with Gasteiger partial charge in [-0.3, -0.25) is 4.94 Å². The molecule has 7 heteroatoms. The van der Waals surface area contributed by atoms with E-state index in [4.69, 9.17) is 5.26 Å². The van der Waals surface area contributed by atoms with E-state index in [2.05, 4.69) is 4.94 Å². The minimum atomic E-state index is -1.15. The predicted molar refractivity (Wildman–Crippen MR) is 68.8 cm³/mol. The van der Waals surface area contributed by atoms with Gasteiger partial charge in [0.25, 0.3) is 0 Å². The van der Waals surface area contributed by atoms with Gasteiger partial charge >= 0.3 is 0 Å². The highest BCUT2D eigenvalue weighted by Gasteiger charge is 2.11. The molecule has 2 rings (SSSR count). The molecule has 0 atom stereocenters. The van der Waals surface area contributed by atoms with Crippen LogP contribution in [0.2, 0.25) is 0 Å². The van der Waals surface area contributed by atoms with E-state index in [9.17, 15) is 22.1 Å².